The van der Waals surface area contributed by atoms with Gasteiger partial charge in [0.15, 0.2) is 5.69 Å². The van der Waals surface area contributed by atoms with Crippen LogP contribution in [0.1, 0.15) is 10.5 Å². The van der Waals surface area contributed by atoms with E-state index < -0.39 is 5.97 Å². The van der Waals surface area contributed by atoms with Gasteiger partial charge in [-0.3, -0.25) is 4.57 Å². The van der Waals surface area contributed by atoms with E-state index in [-0.39, 0.29) is 11.5 Å². The summed E-state index contributed by atoms with van der Waals surface area (Å²) in [5, 5.41) is 0.438. The third kappa shape index (κ3) is 2.34. The van der Waals surface area contributed by atoms with E-state index in [1.807, 2.05) is 0 Å². The van der Waals surface area contributed by atoms with Crippen molar-refractivity contribution in [3.63, 3.8) is 0 Å². The van der Waals surface area contributed by atoms with Gasteiger partial charge in [-0.25, -0.2) is 9.78 Å². The summed E-state index contributed by atoms with van der Waals surface area (Å²) in [6.07, 6.45) is 1.43. The van der Waals surface area contributed by atoms with E-state index in [1.165, 1.54) is 25.1 Å². The van der Waals surface area contributed by atoms with Gasteiger partial charge in [0.25, 0.3) is 0 Å². The number of nitrogens with two attached hydrogens (primary N) is 1. The van der Waals surface area contributed by atoms with Crippen LogP contribution in [0.2, 0.25) is 5.02 Å². The van der Waals surface area contributed by atoms with E-state index in [0.29, 0.717) is 16.5 Å². The second-order valence-corrected chi connectivity index (χ2v) is 4.07. The van der Waals surface area contributed by atoms with Crippen molar-refractivity contribution in [2.24, 2.45) is 0 Å². The number of rotatable bonds is 3. The molecule has 0 aliphatic carbocycles. The van der Waals surface area contributed by atoms with Crippen LogP contribution in [0.4, 0.5) is 5.82 Å². The Hall–Kier alpha value is -2.21. The van der Waals surface area contributed by atoms with Gasteiger partial charge in [0, 0.05) is 0 Å². The molecule has 1 aromatic heterocycles. The first kappa shape index (κ1) is 13.2. The molecule has 0 saturated carbocycles. The highest BCUT2D eigenvalue weighted by atomic mass is 35.5. The molecular weight excluding hydrogens is 270 g/mol. The van der Waals surface area contributed by atoms with Gasteiger partial charge >= 0.3 is 5.97 Å². The molecule has 1 aromatic carbocycles. The zero-order chi connectivity index (χ0) is 14.0. The summed E-state index contributed by atoms with van der Waals surface area (Å²) in [4.78, 5) is 15.3. The fourth-order valence-corrected chi connectivity index (χ4v) is 1.87. The van der Waals surface area contributed by atoms with Gasteiger partial charge in [-0.15, -0.1) is 0 Å². The number of imidazole rings is 1. The van der Waals surface area contributed by atoms with E-state index in [9.17, 15) is 4.79 Å². The Bertz CT molecular complexity index is 625. The number of anilines is 1. The van der Waals surface area contributed by atoms with Gasteiger partial charge in [0.05, 0.1) is 24.9 Å². The number of carbonyl (C=O) groups is 1. The van der Waals surface area contributed by atoms with Crippen LogP contribution in [0.5, 0.6) is 5.75 Å². The van der Waals surface area contributed by atoms with Gasteiger partial charge in [-0.1, -0.05) is 11.6 Å². The number of hydrogen-bond acceptors (Lipinski definition) is 5. The second-order valence-electron chi connectivity index (χ2n) is 3.66. The van der Waals surface area contributed by atoms with Gasteiger partial charge in [0.1, 0.15) is 17.9 Å². The Morgan fingerprint density at radius 1 is 1.42 bits per heavy atom. The number of halogens is 1. The van der Waals surface area contributed by atoms with E-state index in [2.05, 4.69) is 9.72 Å². The number of nitrogen functional groups attached to an aromatic ring is 1. The Labute approximate surface area is 114 Å². The minimum Gasteiger partial charge on any atom is -0.495 e. The van der Waals surface area contributed by atoms with Crippen molar-refractivity contribution in [3.05, 3.63) is 35.2 Å². The molecule has 2 N–H and O–H groups in total. The summed E-state index contributed by atoms with van der Waals surface area (Å²) < 4.78 is 11.2. The van der Waals surface area contributed by atoms with Crippen LogP contribution in [0.15, 0.2) is 24.5 Å². The Morgan fingerprint density at radius 2 is 2.16 bits per heavy atom. The zero-order valence-electron chi connectivity index (χ0n) is 10.4. The van der Waals surface area contributed by atoms with Crippen molar-refractivity contribution >= 4 is 23.4 Å². The molecule has 0 spiro atoms. The van der Waals surface area contributed by atoms with Crippen LogP contribution >= 0.6 is 11.6 Å². The van der Waals surface area contributed by atoms with Crippen LogP contribution < -0.4 is 10.5 Å². The smallest absolute Gasteiger partial charge is 0.360 e. The summed E-state index contributed by atoms with van der Waals surface area (Å²) in [7, 11) is 2.80. The topological polar surface area (TPSA) is 79.4 Å². The molecule has 2 aromatic rings. The minimum atomic E-state index is -0.587. The maximum atomic E-state index is 11.4. The van der Waals surface area contributed by atoms with E-state index in [0.717, 1.165) is 0 Å². The molecule has 19 heavy (non-hydrogen) atoms. The number of carbonyl (C=O) groups excluding carboxylic acids is 1. The Kier molecular flexibility index (Phi) is 3.62. The van der Waals surface area contributed by atoms with Crippen molar-refractivity contribution in [2.75, 3.05) is 20.0 Å². The van der Waals surface area contributed by atoms with Gasteiger partial charge < -0.3 is 15.2 Å². The summed E-state index contributed by atoms with van der Waals surface area (Å²) >= 11 is 6.04. The van der Waals surface area contributed by atoms with Crippen molar-refractivity contribution in [3.8, 4) is 11.4 Å². The molecule has 0 radical (unpaired) electrons. The normalized spacial score (nSPS) is 10.3. The number of aromatic nitrogens is 2. The molecule has 0 saturated heterocycles. The number of methoxy groups -OCH3 is 2. The quantitative estimate of drug-likeness (QED) is 0.869. The molecule has 0 atom stereocenters. The average Bonchev–Trinajstić information content (AvgIpc) is 2.79. The predicted molar refractivity (Wildman–Crippen MR) is 70.9 cm³/mol. The molecule has 0 aliphatic rings. The zero-order valence-corrected chi connectivity index (χ0v) is 11.1. The van der Waals surface area contributed by atoms with Gasteiger partial charge in [-0.05, 0) is 18.2 Å². The van der Waals surface area contributed by atoms with Crippen molar-refractivity contribution in [2.45, 2.75) is 0 Å². The fourth-order valence-electron chi connectivity index (χ4n) is 1.62. The van der Waals surface area contributed by atoms with Crippen LogP contribution in [-0.2, 0) is 4.74 Å². The number of ether oxygens (including phenoxy) is 2. The third-order valence-electron chi connectivity index (χ3n) is 2.60. The van der Waals surface area contributed by atoms with Crippen molar-refractivity contribution in [1.29, 1.82) is 0 Å². The first-order valence-corrected chi connectivity index (χ1v) is 5.71. The SMILES string of the molecule is COC(=O)c1ncn(-c2ccc(OC)c(Cl)c2)c1N. The third-order valence-corrected chi connectivity index (χ3v) is 2.89. The monoisotopic (exact) mass is 281 g/mol. The Balaban J connectivity index is 2.45. The average molecular weight is 282 g/mol. The van der Waals surface area contributed by atoms with Crippen LogP contribution in [0.3, 0.4) is 0 Å². The molecule has 0 fully saturated rings. The standard InChI is InChI=1S/C12H12ClN3O3/c1-18-9-4-3-7(5-8(9)13)16-6-15-10(11(16)14)12(17)19-2/h3-6H,14H2,1-2H3. The molecule has 2 rings (SSSR count). The lowest BCUT2D eigenvalue weighted by molar-refractivity contribution is 0.0596. The van der Waals surface area contributed by atoms with E-state index in [4.69, 9.17) is 22.1 Å². The van der Waals surface area contributed by atoms with Crippen LogP contribution in [0, 0.1) is 0 Å². The molecule has 0 aliphatic heterocycles. The maximum Gasteiger partial charge on any atom is 0.360 e. The van der Waals surface area contributed by atoms with E-state index in [1.54, 1.807) is 18.2 Å². The van der Waals surface area contributed by atoms with Gasteiger partial charge in [-0.2, -0.15) is 0 Å². The largest absolute Gasteiger partial charge is 0.495 e. The van der Waals surface area contributed by atoms with E-state index >= 15 is 0 Å². The first-order valence-electron chi connectivity index (χ1n) is 5.33. The highest BCUT2D eigenvalue weighted by molar-refractivity contribution is 6.32. The molecule has 0 amide bonds. The highest BCUT2D eigenvalue weighted by Crippen LogP contribution is 2.28. The second kappa shape index (κ2) is 5.19. The first-order chi connectivity index (χ1) is 9.08. The molecule has 7 heteroatoms. The fraction of sp³-hybridized carbons (Fsp3) is 0.167. The predicted octanol–water partition coefficient (Wildman–Crippen LogP) is 1.90. The summed E-state index contributed by atoms with van der Waals surface area (Å²) in [6, 6.07) is 5.12. The van der Waals surface area contributed by atoms with Gasteiger partial charge in [0.2, 0.25) is 0 Å². The number of hydrogen-bond donors (Lipinski definition) is 1. The summed E-state index contributed by atoms with van der Waals surface area (Å²) in [5.41, 5.74) is 6.59. The molecule has 0 bridgehead atoms. The number of esters is 1. The molecule has 6 nitrogen and oxygen atoms in total. The molecule has 0 unspecified atom stereocenters. The van der Waals surface area contributed by atoms with Crippen molar-refractivity contribution < 1.29 is 14.3 Å². The lowest BCUT2D eigenvalue weighted by atomic mass is 10.3. The number of nitrogens with zero attached hydrogens (tertiary/aromatic N) is 2. The van der Waals surface area contributed by atoms with Crippen LogP contribution in [-0.4, -0.2) is 29.7 Å². The Morgan fingerprint density at radius 3 is 2.74 bits per heavy atom. The summed E-state index contributed by atoms with van der Waals surface area (Å²) in [6.45, 7) is 0. The molecular formula is C12H12ClN3O3. The number of benzene rings is 1. The lowest BCUT2D eigenvalue weighted by Gasteiger charge is -2.08. The van der Waals surface area contributed by atoms with Crippen LogP contribution in [0.25, 0.3) is 5.69 Å². The minimum absolute atomic E-state index is 0.0643. The van der Waals surface area contributed by atoms with Crippen molar-refractivity contribution in [1.82, 2.24) is 9.55 Å². The molecule has 1 heterocycles. The lowest BCUT2D eigenvalue weighted by Crippen LogP contribution is -2.07. The molecule has 100 valence electrons. The summed E-state index contributed by atoms with van der Waals surface area (Å²) in [5.74, 6) is 0.154. The maximum absolute atomic E-state index is 11.4. The highest BCUT2D eigenvalue weighted by Gasteiger charge is 2.17.